The van der Waals surface area contributed by atoms with E-state index in [-0.39, 0.29) is 5.75 Å². The van der Waals surface area contributed by atoms with Crippen molar-refractivity contribution in [1.29, 1.82) is 0 Å². The third-order valence-corrected chi connectivity index (χ3v) is 3.67. The van der Waals surface area contributed by atoms with Crippen molar-refractivity contribution < 1.29 is 8.42 Å². The molecule has 0 fully saturated rings. The highest BCUT2D eigenvalue weighted by Gasteiger charge is 2.14. The molecule has 0 aliphatic carbocycles. The average molecular weight is 194 g/mol. The van der Waals surface area contributed by atoms with Crippen LogP contribution >= 0.6 is 0 Å². The Kier molecular flexibility index (Phi) is 5.44. The minimum atomic E-state index is -2.99. The minimum absolute atomic E-state index is 0.243. The van der Waals surface area contributed by atoms with Gasteiger partial charge in [0.25, 0.3) is 0 Å². The van der Waals surface area contributed by atoms with Crippen LogP contribution in [0.4, 0.5) is 0 Å². The summed E-state index contributed by atoms with van der Waals surface area (Å²) < 4.78 is 24.1. The third-order valence-electron chi connectivity index (χ3n) is 1.61. The zero-order chi connectivity index (χ0) is 9.61. The standard InChI is InChI=1S/C7H18N2O2S/c1-4-7-12(10,11)9(3)6-5-8-2/h8H,4-7H2,1-3H3. The van der Waals surface area contributed by atoms with E-state index in [0.717, 1.165) is 0 Å². The maximum absolute atomic E-state index is 11.3. The van der Waals surface area contributed by atoms with Crippen LogP contribution in [0.15, 0.2) is 0 Å². The summed E-state index contributed by atoms with van der Waals surface area (Å²) in [4.78, 5) is 0. The van der Waals surface area contributed by atoms with Crippen LogP contribution in [0.5, 0.6) is 0 Å². The Bertz CT molecular complexity index is 201. The predicted octanol–water partition coefficient (Wildman–Crippen LogP) is -0.123. The van der Waals surface area contributed by atoms with E-state index < -0.39 is 10.0 Å². The van der Waals surface area contributed by atoms with Crippen LogP contribution in [-0.4, -0.2) is 45.7 Å². The largest absolute Gasteiger partial charge is 0.318 e. The molecule has 0 saturated heterocycles. The summed E-state index contributed by atoms with van der Waals surface area (Å²) in [5.41, 5.74) is 0. The predicted molar refractivity (Wildman–Crippen MR) is 50.6 cm³/mol. The summed E-state index contributed by atoms with van der Waals surface area (Å²) in [5, 5.41) is 2.91. The molecule has 0 aromatic heterocycles. The number of rotatable bonds is 6. The van der Waals surface area contributed by atoms with E-state index in [2.05, 4.69) is 5.32 Å². The molecule has 0 atom stereocenters. The first-order valence-electron chi connectivity index (χ1n) is 4.13. The topological polar surface area (TPSA) is 49.4 Å². The monoisotopic (exact) mass is 194 g/mol. The number of hydrogen-bond acceptors (Lipinski definition) is 3. The van der Waals surface area contributed by atoms with Crippen molar-refractivity contribution in [3.63, 3.8) is 0 Å². The molecule has 0 spiro atoms. The lowest BCUT2D eigenvalue weighted by atomic mass is 10.6. The van der Waals surface area contributed by atoms with E-state index in [1.165, 1.54) is 4.31 Å². The molecule has 0 unspecified atom stereocenters. The normalized spacial score (nSPS) is 12.3. The van der Waals surface area contributed by atoms with Crippen molar-refractivity contribution >= 4 is 10.0 Å². The second-order valence-electron chi connectivity index (χ2n) is 2.74. The van der Waals surface area contributed by atoms with Gasteiger partial charge in [-0.05, 0) is 13.5 Å². The van der Waals surface area contributed by atoms with Crippen LogP contribution in [0, 0.1) is 0 Å². The van der Waals surface area contributed by atoms with Crippen LogP contribution in [0.3, 0.4) is 0 Å². The van der Waals surface area contributed by atoms with Crippen molar-refractivity contribution in [2.24, 2.45) is 0 Å². The summed E-state index contributed by atoms with van der Waals surface area (Å²) in [6.07, 6.45) is 0.673. The molecule has 0 aliphatic rings. The summed E-state index contributed by atoms with van der Waals surface area (Å²) >= 11 is 0. The smallest absolute Gasteiger partial charge is 0.213 e. The zero-order valence-electron chi connectivity index (χ0n) is 8.00. The summed E-state index contributed by atoms with van der Waals surface area (Å²) in [6.45, 7) is 3.10. The van der Waals surface area contributed by atoms with Crippen LogP contribution in [0.25, 0.3) is 0 Å². The SMILES string of the molecule is CCCS(=O)(=O)N(C)CCNC. The highest BCUT2D eigenvalue weighted by Crippen LogP contribution is 1.98. The Labute approximate surface area is 75.0 Å². The van der Waals surface area contributed by atoms with Gasteiger partial charge in [0.2, 0.25) is 10.0 Å². The van der Waals surface area contributed by atoms with E-state index in [1.807, 2.05) is 6.92 Å². The molecule has 4 nitrogen and oxygen atoms in total. The lowest BCUT2D eigenvalue weighted by Crippen LogP contribution is -2.34. The van der Waals surface area contributed by atoms with Gasteiger partial charge in [0.15, 0.2) is 0 Å². The lowest BCUT2D eigenvalue weighted by molar-refractivity contribution is 0.465. The first kappa shape index (κ1) is 11.9. The maximum atomic E-state index is 11.3. The average Bonchev–Trinajstić information content (AvgIpc) is 2.00. The Morgan fingerprint density at radius 3 is 2.42 bits per heavy atom. The Morgan fingerprint density at radius 2 is 2.00 bits per heavy atom. The molecule has 5 heteroatoms. The van der Waals surface area contributed by atoms with E-state index >= 15 is 0 Å². The van der Waals surface area contributed by atoms with Gasteiger partial charge in [-0.3, -0.25) is 0 Å². The van der Waals surface area contributed by atoms with Crippen LogP contribution in [0.2, 0.25) is 0 Å². The Morgan fingerprint density at radius 1 is 1.42 bits per heavy atom. The molecule has 0 saturated carbocycles. The van der Waals surface area contributed by atoms with E-state index in [0.29, 0.717) is 19.5 Å². The van der Waals surface area contributed by atoms with Gasteiger partial charge in [-0.2, -0.15) is 0 Å². The molecule has 0 bridgehead atoms. The van der Waals surface area contributed by atoms with Crippen molar-refractivity contribution in [1.82, 2.24) is 9.62 Å². The van der Waals surface area contributed by atoms with Crippen molar-refractivity contribution in [2.75, 3.05) is 32.9 Å². The van der Waals surface area contributed by atoms with Gasteiger partial charge < -0.3 is 5.32 Å². The van der Waals surface area contributed by atoms with Crippen LogP contribution < -0.4 is 5.32 Å². The number of sulfonamides is 1. The fourth-order valence-electron chi connectivity index (χ4n) is 0.822. The zero-order valence-corrected chi connectivity index (χ0v) is 8.82. The van der Waals surface area contributed by atoms with Crippen LogP contribution in [0.1, 0.15) is 13.3 Å². The minimum Gasteiger partial charge on any atom is -0.318 e. The molecule has 12 heavy (non-hydrogen) atoms. The second kappa shape index (κ2) is 5.50. The Balaban J connectivity index is 3.98. The quantitative estimate of drug-likeness (QED) is 0.641. The summed E-state index contributed by atoms with van der Waals surface area (Å²) in [7, 11) is 0.430. The molecule has 0 aromatic rings. The highest BCUT2D eigenvalue weighted by atomic mass is 32.2. The van der Waals surface area contributed by atoms with E-state index in [1.54, 1.807) is 14.1 Å². The van der Waals surface area contributed by atoms with Crippen molar-refractivity contribution in [3.8, 4) is 0 Å². The first-order valence-corrected chi connectivity index (χ1v) is 5.74. The molecule has 1 N–H and O–H groups in total. The van der Waals surface area contributed by atoms with Gasteiger partial charge >= 0.3 is 0 Å². The fraction of sp³-hybridized carbons (Fsp3) is 1.00. The van der Waals surface area contributed by atoms with Gasteiger partial charge in [-0.25, -0.2) is 12.7 Å². The van der Waals surface area contributed by atoms with E-state index in [4.69, 9.17) is 0 Å². The molecular weight excluding hydrogens is 176 g/mol. The summed E-state index contributed by atoms with van der Waals surface area (Å²) in [5.74, 6) is 0.243. The maximum Gasteiger partial charge on any atom is 0.213 e. The molecule has 0 heterocycles. The molecule has 0 radical (unpaired) electrons. The van der Waals surface area contributed by atoms with Gasteiger partial charge in [0, 0.05) is 20.1 Å². The van der Waals surface area contributed by atoms with Gasteiger partial charge in [0.1, 0.15) is 0 Å². The van der Waals surface area contributed by atoms with Gasteiger partial charge in [-0.1, -0.05) is 6.92 Å². The van der Waals surface area contributed by atoms with Crippen LogP contribution in [-0.2, 0) is 10.0 Å². The van der Waals surface area contributed by atoms with Crippen molar-refractivity contribution in [2.45, 2.75) is 13.3 Å². The molecule has 0 amide bonds. The molecular formula is C7H18N2O2S. The number of nitrogens with one attached hydrogen (secondary N) is 1. The molecule has 74 valence electrons. The number of hydrogen-bond donors (Lipinski definition) is 1. The fourth-order valence-corrected chi connectivity index (χ4v) is 2.02. The highest BCUT2D eigenvalue weighted by molar-refractivity contribution is 7.89. The summed E-state index contributed by atoms with van der Waals surface area (Å²) in [6, 6.07) is 0. The third kappa shape index (κ3) is 4.04. The molecule has 0 rings (SSSR count). The van der Waals surface area contributed by atoms with Gasteiger partial charge in [-0.15, -0.1) is 0 Å². The van der Waals surface area contributed by atoms with Gasteiger partial charge in [0.05, 0.1) is 5.75 Å². The van der Waals surface area contributed by atoms with E-state index in [9.17, 15) is 8.42 Å². The number of nitrogens with zero attached hydrogens (tertiary/aromatic N) is 1. The van der Waals surface area contributed by atoms with Crippen molar-refractivity contribution in [3.05, 3.63) is 0 Å². The second-order valence-corrected chi connectivity index (χ2v) is 4.94. The molecule has 0 aliphatic heterocycles. The Hall–Kier alpha value is -0.130. The lowest BCUT2D eigenvalue weighted by Gasteiger charge is -2.15. The first-order chi connectivity index (χ1) is 5.54. The molecule has 0 aromatic carbocycles. The number of likely N-dealkylation sites (N-methyl/N-ethyl adjacent to an activating group) is 2.